The Hall–Kier alpha value is -2.79. The van der Waals surface area contributed by atoms with Crippen molar-refractivity contribution >= 4 is 11.0 Å². The number of aryl methyl sites for hydroxylation is 1. The number of nitrogens with zero attached hydrogens (tertiary/aromatic N) is 2. The summed E-state index contributed by atoms with van der Waals surface area (Å²) in [6.07, 6.45) is 3.46. The van der Waals surface area contributed by atoms with E-state index in [1.165, 1.54) is 0 Å². The highest BCUT2D eigenvalue weighted by Gasteiger charge is 2.10. The molecule has 26 heavy (non-hydrogen) atoms. The van der Waals surface area contributed by atoms with E-state index in [2.05, 4.69) is 11.6 Å². The molecule has 2 aromatic carbocycles. The van der Waals surface area contributed by atoms with E-state index in [0.29, 0.717) is 12.4 Å². The van der Waals surface area contributed by atoms with Crippen LogP contribution in [0, 0.1) is 0 Å². The summed E-state index contributed by atoms with van der Waals surface area (Å²) in [5.74, 6) is 2.14. The molecule has 0 fully saturated rings. The molecule has 5 nitrogen and oxygen atoms in total. The number of aliphatic hydroxyl groups is 1. The normalized spacial score (nSPS) is 10.8. The van der Waals surface area contributed by atoms with Gasteiger partial charge < -0.3 is 19.1 Å². The van der Waals surface area contributed by atoms with Crippen LogP contribution < -0.4 is 9.47 Å². The number of aliphatic hydroxyl groups excluding tert-OH is 1. The lowest BCUT2D eigenvalue weighted by molar-refractivity contribution is 0.259. The van der Waals surface area contributed by atoms with Crippen LogP contribution in [-0.2, 0) is 19.6 Å². The van der Waals surface area contributed by atoms with Crippen LogP contribution in [0.5, 0.6) is 11.5 Å². The molecule has 136 valence electrons. The largest absolute Gasteiger partial charge is 0.493 e. The number of aromatic nitrogens is 2. The molecule has 0 aliphatic carbocycles. The fourth-order valence-electron chi connectivity index (χ4n) is 3.03. The lowest BCUT2D eigenvalue weighted by Gasteiger charge is -2.13. The minimum absolute atomic E-state index is 0.0753. The van der Waals surface area contributed by atoms with Crippen LogP contribution in [0.1, 0.15) is 17.8 Å². The van der Waals surface area contributed by atoms with E-state index in [-0.39, 0.29) is 6.61 Å². The van der Waals surface area contributed by atoms with Crippen LogP contribution in [0.25, 0.3) is 11.0 Å². The fraction of sp³-hybridized carbons (Fsp3) is 0.286. The number of benzene rings is 2. The number of para-hydroxylation sites is 2. The summed E-state index contributed by atoms with van der Waals surface area (Å²) >= 11 is 0. The van der Waals surface area contributed by atoms with Crippen molar-refractivity contribution in [3.63, 3.8) is 0 Å². The monoisotopic (exact) mass is 352 g/mol. The molecule has 0 saturated carbocycles. The van der Waals surface area contributed by atoms with Gasteiger partial charge >= 0.3 is 0 Å². The molecule has 0 bridgehead atoms. The summed E-state index contributed by atoms with van der Waals surface area (Å²) in [7, 11) is 1.64. The summed E-state index contributed by atoms with van der Waals surface area (Å²) in [5, 5.41) is 9.55. The third-order valence-corrected chi connectivity index (χ3v) is 4.27. The predicted octanol–water partition coefficient (Wildman–Crippen LogP) is 3.73. The van der Waals surface area contributed by atoms with Gasteiger partial charge in [0.15, 0.2) is 11.5 Å². The van der Waals surface area contributed by atoms with Crippen molar-refractivity contribution in [1.29, 1.82) is 0 Å². The number of imidazole rings is 1. The Morgan fingerprint density at radius 2 is 2.04 bits per heavy atom. The van der Waals surface area contributed by atoms with Crippen molar-refractivity contribution in [3.8, 4) is 11.5 Å². The van der Waals surface area contributed by atoms with E-state index in [9.17, 15) is 5.11 Å². The van der Waals surface area contributed by atoms with Crippen LogP contribution in [-0.4, -0.2) is 28.4 Å². The van der Waals surface area contributed by atoms with Gasteiger partial charge in [0.1, 0.15) is 12.4 Å². The van der Waals surface area contributed by atoms with Crippen molar-refractivity contribution < 1.29 is 14.6 Å². The Morgan fingerprint density at radius 1 is 1.19 bits per heavy atom. The molecule has 0 aliphatic rings. The predicted molar refractivity (Wildman–Crippen MR) is 103 cm³/mol. The number of hydrogen-bond acceptors (Lipinski definition) is 4. The van der Waals surface area contributed by atoms with E-state index in [4.69, 9.17) is 9.47 Å². The minimum atomic E-state index is -0.0753. The molecule has 0 spiro atoms. The summed E-state index contributed by atoms with van der Waals surface area (Å²) in [4.78, 5) is 4.47. The molecule has 3 rings (SSSR count). The smallest absolute Gasteiger partial charge is 0.161 e. The first kappa shape index (κ1) is 18.0. The molecule has 0 atom stereocenters. The average molecular weight is 352 g/mol. The molecule has 0 radical (unpaired) electrons. The second-order valence-electron chi connectivity index (χ2n) is 6.01. The van der Waals surface area contributed by atoms with Gasteiger partial charge in [-0.25, -0.2) is 4.98 Å². The molecule has 1 N–H and O–H groups in total. The maximum Gasteiger partial charge on any atom is 0.161 e. The topological polar surface area (TPSA) is 56.5 Å². The Morgan fingerprint density at radius 3 is 2.81 bits per heavy atom. The van der Waals surface area contributed by atoms with Crippen molar-refractivity contribution in [1.82, 2.24) is 9.55 Å². The maximum absolute atomic E-state index is 9.55. The first-order valence-electron chi connectivity index (χ1n) is 8.72. The van der Waals surface area contributed by atoms with Crippen molar-refractivity contribution in [3.05, 3.63) is 66.5 Å². The van der Waals surface area contributed by atoms with Crippen LogP contribution in [0.4, 0.5) is 0 Å². The highest BCUT2D eigenvalue weighted by molar-refractivity contribution is 5.75. The lowest BCUT2D eigenvalue weighted by Crippen LogP contribution is -2.08. The molecule has 0 saturated heterocycles. The van der Waals surface area contributed by atoms with Crippen molar-refractivity contribution in [2.24, 2.45) is 0 Å². The summed E-state index contributed by atoms with van der Waals surface area (Å²) < 4.78 is 13.4. The SMILES string of the molecule is C=CCc1ccc(OCCCn2c(CO)nc3ccccc32)c(OC)c1. The molecule has 0 unspecified atom stereocenters. The summed E-state index contributed by atoms with van der Waals surface area (Å²) in [6, 6.07) is 13.8. The zero-order valence-corrected chi connectivity index (χ0v) is 15.0. The van der Waals surface area contributed by atoms with Gasteiger partial charge in [-0.05, 0) is 42.7 Å². The highest BCUT2D eigenvalue weighted by atomic mass is 16.5. The van der Waals surface area contributed by atoms with Gasteiger partial charge in [0.05, 0.1) is 24.8 Å². The van der Waals surface area contributed by atoms with E-state index < -0.39 is 0 Å². The Kier molecular flexibility index (Phi) is 5.92. The number of rotatable bonds is 9. The first-order valence-corrected chi connectivity index (χ1v) is 8.72. The van der Waals surface area contributed by atoms with Crippen LogP contribution >= 0.6 is 0 Å². The van der Waals surface area contributed by atoms with Gasteiger partial charge in [-0.1, -0.05) is 24.3 Å². The minimum Gasteiger partial charge on any atom is -0.493 e. The number of methoxy groups -OCH3 is 1. The highest BCUT2D eigenvalue weighted by Crippen LogP contribution is 2.28. The van der Waals surface area contributed by atoms with E-state index in [1.54, 1.807) is 7.11 Å². The summed E-state index contributed by atoms with van der Waals surface area (Å²) in [6.45, 7) is 4.96. The maximum atomic E-state index is 9.55. The quantitative estimate of drug-likeness (QED) is 0.471. The zero-order chi connectivity index (χ0) is 18.4. The van der Waals surface area contributed by atoms with E-state index in [0.717, 1.165) is 47.5 Å². The second-order valence-corrected chi connectivity index (χ2v) is 6.01. The molecule has 5 heteroatoms. The van der Waals surface area contributed by atoms with E-state index >= 15 is 0 Å². The third kappa shape index (κ3) is 3.89. The summed E-state index contributed by atoms with van der Waals surface area (Å²) in [5.41, 5.74) is 3.07. The standard InChI is InChI=1S/C21H24N2O3/c1-3-7-16-10-11-19(20(14-16)25-2)26-13-6-12-23-18-9-5-4-8-17(18)22-21(23)15-24/h3-5,8-11,14,24H,1,6-7,12-13,15H2,2H3. The first-order chi connectivity index (χ1) is 12.8. The lowest BCUT2D eigenvalue weighted by atomic mass is 10.1. The number of ether oxygens (including phenoxy) is 2. The molecule has 1 aromatic heterocycles. The molecular weight excluding hydrogens is 328 g/mol. The molecule has 0 amide bonds. The van der Waals surface area contributed by atoms with Crippen LogP contribution in [0.15, 0.2) is 55.1 Å². The molecule has 0 aliphatic heterocycles. The number of allylic oxidation sites excluding steroid dienone is 1. The van der Waals surface area contributed by atoms with Gasteiger partial charge in [0, 0.05) is 6.54 Å². The number of fused-ring (bicyclic) bond motifs is 1. The Bertz CT molecular complexity index is 886. The van der Waals surface area contributed by atoms with Gasteiger partial charge in [-0.15, -0.1) is 6.58 Å². The van der Waals surface area contributed by atoms with Crippen molar-refractivity contribution in [2.75, 3.05) is 13.7 Å². The fourth-order valence-corrected chi connectivity index (χ4v) is 3.03. The Labute approximate surface area is 153 Å². The van der Waals surface area contributed by atoms with Crippen molar-refractivity contribution in [2.45, 2.75) is 26.0 Å². The molecule has 1 heterocycles. The zero-order valence-electron chi connectivity index (χ0n) is 15.0. The third-order valence-electron chi connectivity index (χ3n) is 4.27. The number of hydrogen-bond donors (Lipinski definition) is 1. The van der Waals surface area contributed by atoms with Crippen LogP contribution in [0.2, 0.25) is 0 Å². The van der Waals surface area contributed by atoms with Gasteiger partial charge in [0.2, 0.25) is 0 Å². The average Bonchev–Trinajstić information content (AvgIpc) is 3.04. The second kappa shape index (κ2) is 8.54. The van der Waals surface area contributed by atoms with E-state index in [1.807, 2.05) is 53.1 Å². The molecular formula is C21H24N2O3. The van der Waals surface area contributed by atoms with Gasteiger partial charge in [-0.2, -0.15) is 0 Å². The Balaban J connectivity index is 1.63. The van der Waals surface area contributed by atoms with Gasteiger partial charge in [-0.3, -0.25) is 0 Å². The van der Waals surface area contributed by atoms with Gasteiger partial charge in [0.25, 0.3) is 0 Å². The molecule has 3 aromatic rings. The van der Waals surface area contributed by atoms with Crippen LogP contribution in [0.3, 0.4) is 0 Å².